The van der Waals surface area contributed by atoms with E-state index in [-0.39, 0.29) is 23.7 Å². The maximum absolute atomic E-state index is 13.2. The SMILES string of the molecule is COC1=C[C@@H]2[C@@H]3Cc4ccc(OC)c(OCc5cn(Cc6cccc(Br)c6)nn5)c4[C@]2(CCN3C)CC1=O. The zero-order valence-corrected chi connectivity index (χ0v) is 23.4. The van der Waals surface area contributed by atoms with Gasteiger partial charge < -0.3 is 19.1 Å². The first-order valence-electron chi connectivity index (χ1n) is 12.9. The van der Waals surface area contributed by atoms with Crippen molar-refractivity contribution in [3.8, 4) is 11.5 Å². The van der Waals surface area contributed by atoms with Gasteiger partial charge in [-0.3, -0.25) is 4.79 Å². The van der Waals surface area contributed by atoms with Crippen molar-refractivity contribution in [2.24, 2.45) is 5.92 Å². The standard InChI is InChI=1S/C29H31BrN4O4/c1-33-10-9-29-14-24(35)26(37-3)13-22(29)23(33)12-19-7-8-25(36-2)28(27(19)29)38-17-21-16-34(32-31-21)15-18-5-4-6-20(30)11-18/h4-8,11,13,16,22-23H,9-10,12,14-15,17H2,1-3H3/t22-,23+,29-/m1/s1. The number of piperidine rings is 1. The Kier molecular flexibility index (Phi) is 6.52. The molecule has 0 saturated carbocycles. The number of halogens is 1. The molecule has 1 fully saturated rings. The molecule has 2 heterocycles. The summed E-state index contributed by atoms with van der Waals surface area (Å²) in [6.07, 6.45) is 6.12. The molecule has 198 valence electrons. The van der Waals surface area contributed by atoms with E-state index in [4.69, 9.17) is 14.2 Å². The fraction of sp³-hybridized carbons (Fsp3) is 0.414. The number of allylic oxidation sites excluding steroid dienone is 1. The predicted molar refractivity (Wildman–Crippen MR) is 145 cm³/mol. The second kappa shape index (κ2) is 9.85. The van der Waals surface area contributed by atoms with Crippen LogP contribution >= 0.6 is 15.9 Å². The molecule has 1 saturated heterocycles. The van der Waals surface area contributed by atoms with Crippen molar-refractivity contribution in [3.63, 3.8) is 0 Å². The molecule has 2 bridgehead atoms. The van der Waals surface area contributed by atoms with Gasteiger partial charge in [0.05, 0.1) is 27.0 Å². The molecule has 0 unspecified atom stereocenters. The van der Waals surface area contributed by atoms with Crippen LogP contribution in [0.25, 0.3) is 0 Å². The third-order valence-electron chi connectivity index (χ3n) is 8.37. The number of ketones is 1. The normalized spacial score (nSPS) is 24.3. The van der Waals surface area contributed by atoms with Gasteiger partial charge in [0.2, 0.25) is 0 Å². The summed E-state index contributed by atoms with van der Waals surface area (Å²) in [6, 6.07) is 12.5. The Morgan fingerprint density at radius 1 is 1.18 bits per heavy atom. The van der Waals surface area contributed by atoms with E-state index in [1.165, 1.54) is 5.56 Å². The van der Waals surface area contributed by atoms with E-state index in [2.05, 4.69) is 62.5 Å². The van der Waals surface area contributed by atoms with Crippen molar-refractivity contribution >= 4 is 21.7 Å². The van der Waals surface area contributed by atoms with E-state index in [0.717, 1.165) is 40.7 Å². The maximum atomic E-state index is 13.2. The third kappa shape index (κ3) is 4.22. The molecular formula is C29H31BrN4O4. The molecule has 3 atom stereocenters. The highest BCUT2D eigenvalue weighted by Crippen LogP contribution is 2.58. The highest BCUT2D eigenvalue weighted by molar-refractivity contribution is 9.10. The Balaban J connectivity index is 1.34. The van der Waals surface area contributed by atoms with Crippen molar-refractivity contribution in [1.82, 2.24) is 19.9 Å². The molecule has 8 nitrogen and oxygen atoms in total. The Hall–Kier alpha value is -3.17. The quantitative estimate of drug-likeness (QED) is 0.413. The van der Waals surface area contributed by atoms with Crippen LogP contribution < -0.4 is 9.47 Å². The van der Waals surface area contributed by atoms with Crippen LogP contribution in [0.1, 0.15) is 35.2 Å². The summed E-state index contributed by atoms with van der Waals surface area (Å²) in [6.45, 7) is 1.79. The van der Waals surface area contributed by atoms with Crippen molar-refractivity contribution in [1.29, 1.82) is 0 Å². The summed E-state index contributed by atoms with van der Waals surface area (Å²) < 4.78 is 20.6. The number of likely N-dealkylation sites (N-methyl/N-ethyl adjacent to an activating group) is 1. The first-order valence-corrected chi connectivity index (χ1v) is 13.7. The second-order valence-corrected chi connectivity index (χ2v) is 11.4. The second-order valence-electron chi connectivity index (χ2n) is 10.5. The van der Waals surface area contributed by atoms with Gasteiger partial charge >= 0.3 is 0 Å². The van der Waals surface area contributed by atoms with E-state index in [0.29, 0.717) is 36.3 Å². The van der Waals surface area contributed by atoms with Crippen molar-refractivity contribution in [2.75, 3.05) is 27.8 Å². The molecule has 0 radical (unpaired) electrons. The number of hydrogen-bond donors (Lipinski definition) is 0. The molecule has 2 aromatic carbocycles. The summed E-state index contributed by atoms with van der Waals surface area (Å²) in [4.78, 5) is 15.6. The zero-order chi connectivity index (χ0) is 26.4. The van der Waals surface area contributed by atoms with Crippen LogP contribution in [0.2, 0.25) is 0 Å². The molecule has 0 spiro atoms. The minimum atomic E-state index is -0.355. The first kappa shape index (κ1) is 25.1. The van der Waals surface area contributed by atoms with Crippen molar-refractivity contribution in [3.05, 3.63) is 81.3 Å². The lowest BCUT2D eigenvalue weighted by Crippen LogP contribution is -2.60. The maximum Gasteiger partial charge on any atom is 0.197 e. The fourth-order valence-electron chi connectivity index (χ4n) is 6.60. The summed E-state index contributed by atoms with van der Waals surface area (Å²) in [7, 11) is 5.42. The number of Topliss-reactive ketones (excluding diaryl/α,β-unsaturated/α-hetero) is 1. The first-order chi connectivity index (χ1) is 18.4. The molecule has 9 heteroatoms. The fourth-order valence-corrected chi connectivity index (χ4v) is 7.05. The highest BCUT2D eigenvalue weighted by Gasteiger charge is 2.56. The Bertz CT molecular complexity index is 1420. The number of methoxy groups -OCH3 is 2. The highest BCUT2D eigenvalue weighted by atomic mass is 79.9. The third-order valence-corrected chi connectivity index (χ3v) is 8.86. The monoisotopic (exact) mass is 578 g/mol. The van der Waals surface area contributed by atoms with Crippen LogP contribution in [-0.4, -0.2) is 59.5 Å². The minimum absolute atomic E-state index is 0.0455. The number of fused-ring (bicyclic) bond motifs is 1. The topological polar surface area (TPSA) is 78.7 Å². The molecule has 2 aliphatic carbocycles. The molecule has 1 aromatic heterocycles. The summed E-state index contributed by atoms with van der Waals surface area (Å²) in [5, 5.41) is 8.65. The number of likely N-dealkylation sites (tertiary alicyclic amines) is 1. The largest absolute Gasteiger partial charge is 0.493 e. The Morgan fingerprint density at radius 3 is 2.84 bits per heavy atom. The van der Waals surface area contributed by atoms with Gasteiger partial charge in [0.1, 0.15) is 12.3 Å². The van der Waals surface area contributed by atoms with Crippen LogP contribution in [0.15, 0.2) is 58.9 Å². The predicted octanol–water partition coefficient (Wildman–Crippen LogP) is 4.29. The number of carbonyl (C=O) groups excluding carboxylic acids is 1. The van der Waals surface area contributed by atoms with E-state index in [1.807, 2.05) is 29.1 Å². The van der Waals surface area contributed by atoms with Gasteiger partial charge in [0.15, 0.2) is 23.0 Å². The minimum Gasteiger partial charge on any atom is -0.493 e. The van der Waals surface area contributed by atoms with Crippen molar-refractivity contribution in [2.45, 2.75) is 43.9 Å². The number of hydrogen-bond acceptors (Lipinski definition) is 7. The number of aromatic nitrogens is 3. The van der Waals surface area contributed by atoms with Crippen LogP contribution in [0.3, 0.4) is 0 Å². The van der Waals surface area contributed by atoms with Gasteiger partial charge in [0, 0.05) is 33.8 Å². The van der Waals surface area contributed by atoms with Gasteiger partial charge in [-0.25, -0.2) is 4.68 Å². The number of nitrogens with zero attached hydrogens (tertiary/aromatic N) is 4. The molecule has 38 heavy (non-hydrogen) atoms. The number of rotatable bonds is 7. The van der Waals surface area contributed by atoms with Crippen LogP contribution in [0.4, 0.5) is 0 Å². The van der Waals surface area contributed by atoms with E-state index in [1.54, 1.807) is 14.2 Å². The summed E-state index contributed by atoms with van der Waals surface area (Å²) >= 11 is 3.52. The lowest BCUT2D eigenvalue weighted by atomic mass is 9.53. The molecule has 3 aromatic rings. The van der Waals surface area contributed by atoms with E-state index < -0.39 is 0 Å². The van der Waals surface area contributed by atoms with Crippen LogP contribution in [-0.2, 0) is 34.5 Å². The number of benzene rings is 2. The Morgan fingerprint density at radius 2 is 2.05 bits per heavy atom. The average molecular weight is 579 g/mol. The van der Waals surface area contributed by atoms with Gasteiger partial charge in [-0.2, -0.15) is 0 Å². The van der Waals surface area contributed by atoms with E-state index >= 15 is 0 Å². The van der Waals surface area contributed by atoms with Crippen LogP contribution in [0.5, 0.6) is 11.5 Å². The average Bonchev–Trinajstić information content (AvgIpc) is 3.35. The van der Waals surface area contributed by atoms with Gasteiger partial charge in [-0.1, -0.05) is 39.3 Å². The molecule has 1 aliphatic heterocycles. The van der Waals surface area contributed by atoms with Gasteiger partial charge in [-0.05, 0) is 61.8 Å². The smallest absolute Gasteiger partial charge is 0.197 e. The molecule has 0 amide bonds. The molecule has 6 rings (SSSR count). The lowest BCUT2D eigenvalue weighted by Gasteiger charge is -2.56. The molecular weight excluding hydrogens is 548 g/mol. The lowest BCUT2D eigenvalue weighted by molar-refractivity contribution is -0.122. The van der Waals surface area contributed by atoms with E-state index in [9.17, 15) is 4.79 Å². The number of carbonyl (C=O) groups is 1. The number of ether oxygens (including phenoxy) is 3. The van der Waals surface area contributed by atoms with Gasteiger partial charge in [-0.15, -0.1) is 5.10 Å². The van der Waals surface area contributed by atoms with Gasteiger partial charge in [0.25, 0.3) is 0 Å². The summed E-state index contributed by atoms with van der Waals surface area (Å²) in [5.41, 5.74) is 3.82. The van der Waals surface area contributed by atoms with Crippen molar-refractivity contribution < 1.29 is 19.0 Å². The summed E-state index contributed by atoms with van der Waals surface area (Å²) in [5.74, 6) is 2.05. The van der Waals surface area contributed by atoms with Crippen LogP contribution in [0, 0.1) is 5.92 Å². The zero-order valence-electron chi connectivity index (χ0n) is 21.8. The molecule has 0 N–H and O–H groups in total. The molecule has 3 aliphatic rings. The Labute approximate surface area is 230 Å².